The Morgan fingerprint density at radius 3 is 2.20 bits per heavy atom. The second kappa shape index (κ2) is 9.18. The third-order valence-corrected chi connectivity index (χ3v) is 4.91. The molecule has 1 N–H and O–H groups in total. The average Bonchev–Trinajstić information content (AvgIpc) is 2.80. The maximum atomic E-state index is 12.9. The molecular weight excluding hydrogens is 376 g/mol. The second-order valence-electron chi connectivity index (χ2n) is 6.92. The first kappa shape index (κ1) is 19.6. The molecule has 1 unspecified atom stereocenters. The van der Waals surface area contributed by atoms with E-state index in [9.17, 15) is 4.79 Å². The summed E-state index contributed by atoms with van der Waals surface area (Å²) in [6.45, 7) is 5.17. The quantitative estimate of drug-likeness (QED) is 0.432. The van der Waals surface area contributed by atoms with Crippen molar-refractivity contribution in [3.63, 3.8) is 0 Å². The van der Waals surface area contributed by atoms with Gasteiger partial charge in [0.2, 0.25) is 0 Å². The van der Waals surface area contributed by atoms with Crippen LogP contribution in [0.3, 0.4) is 0 Å². The Balaban J connectivity index is 1.41. The van der Waals surface area contributed by atoms with Crippen LogP contribution in [0.1, 0.15) is 22.1 Å². The van der Waals surface area contributed by atoms with Crippen LogP contribution in [0.2, 0.25) is 0 Å². The predicted molar refractivity (Wildman–Crippen MR) is 118 cm³/mol. The molecule has 0 bridgehead atoms. The van der Waals surface area contributed by atoms with E-state index in [2.05, 4.69) is 11.9 Å². The summed E-state index contributed by atoms with van der Waals surface area (Å²) in [4.78, 5) is 14.7. The van der Waals surface area contributed by atoms with E-state index in [1.807, 2.05) is 78.9 Å². The molecule has 1 atom stereocenters. The molecular formula is C25H24N2O3. The lowest BCUT2D eigenvalue weighted by Gasteiger charge is -2.37. The summed E-state index contributed by atoms with van der Waals surface area (Å²) in [5.41, 5.74) is 2.49. The van der Waals surface area contributed by atoms with Gasteiger partial charge in [0, 0.05) is 12.2 Å². The van der Waals surface area contributed by atoms with Crippen LogP contribution in [0.15, 0.2) is 91.5 Å². The Bertz CT molecular complexity index is 1000. The highest BCUT2D eigenvalue weighted by Crippen LogP contribution is 2.33. The number of fused-ring (bicyclic) bond motifs is 1. The first-order chi connectivity index (χ1) is 14.8. The number of hydrogen-bond acceptors (Lipinski definition) is 4. The van der Waals surface area contributed by atoms with E-state index in [0.29, 0.717) is 25.3 Å². The van der Waals surface area contributed by atoms with E-state index in [1.54, 1.807) is 11.0 Å². The van der Waals surface area contributed by atoms with Gasteiger partial charge < -0.3 is 19.7 Å². The molecule has 5 nitrogen and oxygen atoms in total. The SMILES string of the molecule is C=CCN1C(=O)c2ccccc2NC1c1ccc(OCCOc2ccccc2)cc1. The number of anilines is 1. The van der Waals surface area contributed by atoms with Crippen molar-refractivity contribution in [2.45, 2.75) is 6.17 Å². The summed E-state index contributed by atoms with van der Waals surface area (Å²) in [6.07, 6.45) is 1.48. The van der Waals surface area contributed by atoms with Gasteiger partial charge in [0.25, 0.3) is 5.91 Å². The normalized spacial score (nSPS) is 15.1. The van der Waals surface area contributed by atoms with Crippen LogP contribution in [-0.2, 0) is 0 Å². The number of nitrogens with zero attached hydrogens (tertiary/aromatic N) is 1. The first-order valence-corrected chi connectivity index (χ1v) is 9.94. The van der Waals surface area contributed by atoms with Gasteiger partial charge >= 0.3 is 0 Å². The Labute approximate surface area is 176 Å². The lowest BCUT2D eigenvalue weighted by Crippen LogP contribution is -2.42. The first-order valence-electron chi connectivity index (χ1n) is 9.94. The fourth-order valence-corrected chi connectivity index (χ4v) is 3.47. The zero-order valence-electron chi connectivity index (χ0n) is 16.7. The van der Waals surface area contributed by atoms with Crippen molar-refractivity contribution in [1.29, 1.82) is 0 Å². The summed E-state index contributed by atoms with van der Waals surface area (Å²) >= 11 is 0. The minimum absolute atomic E-state index is 0.00682. The topological polar surface area (TPSA) is 50.8 Å². The monoisotopic (exact) mass is 400 g/mol. The molecule has 30 heavy (non-hydrogen) atoms. The second-order valence-corrected chi connectivity index (χ2v) is 6.92. The van der Waals surface area contributed by atoms with Gasteiger partial charge in [-0.15, -0.1) is 6.58 Å². The van der Waals surface area contributed by atoms with Crippen molar-refractivity contribution >= 4 is 11.6 Å². The van der Waals surface area contributed by atoms with Crippen molar-refractivity contribution in [3.8, 4) is 11.5 Å². The summed E-state index contributed by atoms with van der Waals surface area (Å²) in [5.74, 6) is 1.58. The Kier molecular flexibility index (Phi) is 5.99. The van der Waals surface area contributed by atoms with Gasteiger partial charge in [-0.05, 0) is 42.0 Å². The van der Waals surface area contributed by atoms with E-state index < -0.39 is 0 Å². The number of carbonyl (C=O) groups excluding carboxylic acids is 1. The number of amides is 1. The van der Waals surface area contributed by atoms with Gasteiger partial charge in [0.1, 0.15) is 30.9 Å². The largest absolute Gasteiger partial charge is 0.490 e. The zero-order valence-corrected chi connectivity index (χ0v) is 16.7. The molecule has 0 spiro atoms. The van der Waals surface area contributed by atoms with E-state index in [4.69, 9.17) is 9.47 Å². The Morgan fingerprint density at radius 2 is 1.50 bits per heavy atom. The zero-order chi connectivity index (χ0) is 20.8. The summed E-state index contributed by atoms with van der Waals surface area (Å²) in [7, 11) is 0. The molecule has 152 valence electrons. The molecule has 0 fully saturated rings. The lowest BCUT2D eigenvalue weighted by atomic mass is 10.0. The van der Waals surface area contributed by atoms with E-state index in [-0.39, 0.29) is 12.1 Å². The number of benzene rings is 3. The van der Waals surface area contributed by atoms with Gasteiger partial charge in [-0.3, -0.25) is 4.79 Å². The molecule has 0 saturated carbocycles. The van der Waals surface area contributed by atoms with Gasteiger partial charge in [-0.2, -0.15) is 0 Å². The van der Waals surface area contributed by atoms with E-state index in [1.165, 1.54) is 0 Å². The highest BCUT2D eigenvalue weighted by molar-refractivity contribution is 6.01. The lowest BCUT2D eigenvalue weighted by molar-refractivity contribution is 0.0707. The fourth-order valence-electron chi connectivity index (χ4n) is 3.47. The third-order valence-electron chi connectivity index (χ3n) is 4.91. The molecule has 0 saturated heterocycles. The number of rotatable bonds is 8. The minimum Gasteiger partial charge on any atom is -0.490 e. The average molecular weight is 400 g/mol. The van der Waals surface area contributed by atoms with Crippen LogP contribution in [0.5, 0.6) is 11.5 Å². The number of para-hydroxylation sites is 2. The van der Waals surface area contributed by atoms with Crippen LogP contribution in [0, 0.1) is 0 Å². The summed E-state index contributed by atoms with van der Waals surface area (Å²) < 4.78 is 11.4. The van der Waals surface area contributed by atoms with Crippen LogP contribution >= 0.6 is 0 Å². The van der Waals surface area contributed by atoms with E-state index in [0.717, 1.165) is 22.7 Å². The van der Waals surface area contributed by atoms with Crippen LogP contribution in [-0.4, -0.2) is 30.6 Å². The molecule has 0 radical (unpaired) electrons. The van der Waals surface area contributed by atoms with Crippen molar-refractivity contribution in [1.82, 2.24) is 4.90 Å². The number of nitrogens with one attached hydrogen (secondary N) is 1. The molecule has 3 aromatic carbocycles. The van der Waals surface area contributed by atoms with Crippen LogP contribution in [0.4, 0.5) is 5.69 Å². The molecule has 0 aliphatic carbocycles. The summed E-state index contributed by atoms with van der Waals surface area (Å²) in [6, 6.07) is 25.0. The molecule has 1 aliphatic heterocycles. The third kappa shape index (κ3) is 4.30. The molecule has 5 heteroatoms. The van der Waals surface area contributed by atoms with Crippen LogP contribution in [0.25, 0.3) is 0 Å². The molecule has 1 amide bonds. The van der Waals surface area contributed by atoms with Crippen molar-refractivity contribution in [3.05, 3.63) is 103 Å². The van der Waals surface area contributed by atoms with Gasteiger partial charge in [0.15, 0.2) is 0 Å². The maximum absolute atomic E-state index is 12.9. The standard InChI is InChI=1S/C25H24N2O3/c1-2-16-27-24(26-23-11-7-6-10-22(23)25(27)28)19-12-14-21(15-13-19)30-18-17-29-20-8-4-3-5-9-20/h2-15,24,26H,1,16-18H2. The molecule has 4 rings (SSSR count). The van der Waals surface area contributed by atoms with Gasteiger partial charge in [0.05, 0.1) is 5.56 Å². The van der Waals surface area contributed by atoms with Crippen LogP contribution < -0.4 is 14.8 Å². The highest BCUT2D eigenvalue weighted by Gasteiger charge is 2.31. The molecule has 1 aliphatic rings. The molecule has 1 heterocycles. The number of hydrogen-bond donors (Lipinski definition) is 1. The number of carbonyl (C=O) groups is 1. The van der Waals surface area contributed by atoms with Crippen molar-refractivity contribution in [2.24, 2.45) is 0 Å². The summed E-state index contributed by atoms with van der Waals surface area (Å²) in [5, 5.41) is 3.47. The van der Waals surface area contributed by atoms with Gasteiger partial charge in [-0.25, -0.2) is 0 Å². The Morgan fingerprint density at radius 1 is 0.867 bits per heavy atom. The van der Waals surface area contributed by atoms with Crippen molar-refractivity contribution < 1.29 is 14.3 Å². The minimum atomic E-state index is -0.263. The smallest absolute Gasteiger partial charge is 0.258 e. The van der Waals surface area contributed by atoms with Gasteiger partial charge in [-0.1, -0.05) is 48.5 Å². The fraction of sp³-hybridized carbons (Fsp3) is 0.160. The van der Waals surface area contributed by atoms with Crippen molar-refractivity contribution in [2.75, 3.05) is 25.1 Å². The molecule has 0 aromatic heterocycles. The van der Waals surface area contributed by atoms with E-state index >= 15 is 0 Å². The maximum Gasteiger partial charge on any atom is 0.258 e. The molecule has 3 aromatic rings. The predicted octanol–water partition coefficient (Wildman–Crippen LogP) is 4.90. The number of ether oxygens (including phenoxy) is 2. The Hall–Kier alpha value is -3.73. The highest BCUT2D eigenvalue weighted by atomic mass is 16.5.